The van der Waals surface area contributed by atoms with Gasteiger partial charge in [-0.15, -0.1) is 0 Å². The van der Waals surface area contributed by atoms with Gasteiger partial charge in [-0.25, -0.2) is 0 Å². The molecule has 2 atom stereocenters. The highest BCUT2D eigenvalue weighted by molar-refractivity contribution is 9.10. The molecule has 5 rings (SSSR count). The quantitative estimate of drug-likeness (QED) is 0.273. The van der Waals surface area contributed by atoms with Gasteiger partial charge in [-0.2, -0.15) is 0 Å². The number of pyridine rings is 1. The number of methoxy groups -OCH3 is 1. The van der Waals surface area contributed by atoms with Crippen molar-refractivity contribution in [1.29, 1.82) is 0 Å². The summed E-state index contributed by atoms with van der Waals surface area (Å²) >= 11 is 3.32. The maximum Gasteiger partial charge on any atom is 0.295 e. The van der Waals surface area contributed by atoms with Gasteiger partial charge in [0.2, 0.25) is 0 Å². The Labute approximate surface area is 215 Å². The molecule has 0 bridgehead atoms. The van der Waals surface area contributed by atoms with Crippen LogP contribution in [0.2, 0.25) is 0 Å². The van der Waals surface area contributed by atoms with E-state index in [2.05, 4.69) is 20.9 Å². The zero-order valence-electron chi connectivity index (χ0n) is 19.6. The summed E-state index contributed by atoms with van der Waals surface area (Å²) in [5, 5.41) is 21.7. The normalized spacial score (nSPS) is 20.4. The summed E-state index contributed by atoms with van der Waals surface area (Å²) in [7, 11) is 1.41. The molecule has 0 unspecified atom stereocenters. The second kappa shape index (κ2) is 9.31. The first-order chi connectivity index (χ1) is 17.3. The number of ketones is 1. The number of ether oxygens (including phenoxy) is 2. The van der Waals surface area contributed by atoms with E-state index in [1.807, 2.05) is 6.92 Å². The number of amides is 1. The molecule has 2 aromatic carbocycles. The number of carbonyl (C=O) groups is 2. The van der Waals surface area contributed by atoms with E-state index in [0.29, 0.717) is 22.0 Å². The summed E-state index contributed by atoms with van der Waals surface area (Å²) in [6.45, 7) is 2.05. The number of halogens is 1. The lowest BCUT2D eigenvalue weighted by Crippen LogP contribution is -2.29. The van der Waals surface area contributed by atoms with Gasteiger partial charge in [-0.1, -0.05) is 6.07 Å². The van der Waals surface area contributed by atoms with Crippen LogP contribution in [0.4, 0.5) is 0 Å². The summed E-state index contributed by atoms with van der Waals surface area (Å²) in [4.78, 5) is 32.1. The van der Waals surface area contributed by atoms with Crippen molar-refractivity contribution >= 4 is 33.4 Å². The van der Waals surface area contributed by atoms with Crippen molar-refractivity contribution < 1.29 is 29.3 Å². The SMILES string of the molecule is COc1cc([C@@H]2C(=C(O)c3ccc4c(c3)C[C@@H](C)O4)C(=O)C(=O)N2Cc2cccnc2)cc(Br)c1O. The lowest BCUT2D eigenvalue weighted by molar-refractivity contribution is -0.140. The van der Waals surface area contributed by atoms with Gasteiger partial charge >= 0.3 is 0 Å². The average Bonchev–Trinajstić information content (AvgIpc) is 3.37. The number of fused-ring (bicyclic) bond motifs is 1. The smallest absolute Gasteiger partial charge is 0.295 e. The van der Waals surface area contributed by atoms with E-state index in [0.717, 1.165) is 16.9 Å². The first kappa shape index (κ1) is 23.9. The van der Waals surface area contributed by atoms with Gasteiger partial charge in [0.05, 0.1) is 23.2 Å². The number of Topliss-reactive ketones (excluding diaryl/α,β-unsaturated/α-hetero) is 1. The van der Waals surface area contributed by atoms with Gasteiger partial charge in [-0.05, 0) is 75.9 Å². The van der Waals surface area contributed by atoms with E-state index in [1.165, 1.54) is 12.0 Å². The largest absolute Gasteiger partial charge is 0.507 e. The van der Waals surface area contributed by atoms with Crippen LogP contribution in [0.15, 0.2) is 64.9 Å². The summed E-state index contributed by atoms with van der Waals surface area (Å²) in [6.07, 6.45) is 3.93. The fourth-order valence-electron chi connectivity index (χ4n) is 4.71. The number of nitrogens with zero attached hydrogens (tertiary/aromatic N) is 2. The summed E-state index contributed by atoms with van der Waals surface area (Å²) in [5.74, 6) is -1.04. The van der Waals surface area contributed by atoms with Gasteiger partial charge in [0.25, 0.3) is 11.7 Å². The predicted octanol–water partition coefficient (Wildman–Crippen LogP) is 4.50. The second-order valence-corrected chi connectivity index (χ2v) is 9.65. The van der Waals surface area contributed by atoms with Crippen LogP contribution in [0.25, 0.3) is 5.76 Å². The molecule has 1 aromatic heterocycles. The lowest BCUT2D eigenvalue weighted by atomic mass is 9.94. The van der Waals surface area contributed by atoms with E-state index in [4.69, 9.17) is 9.47 Å². The molecule has 2 N–H and O–H groups in total. The Morgan fingerprint density at radius 3 is 2.78 bits per heavy atom. The molecule has 9 heteroatoms. The van der Waals surface area contributed by atoms with Crippen molar-refractivity contribution in [3.8, 4) is 17.2 Å². The zero-order valence-corrected chi connectivity index (χ0v) is 21.2. The van der Waals surface area contributed by atoms with Gasteiger partial charge in [0.15, 0.2) is 11.5 Å². The first-order valence-electron chi connectivity index (χ1n) is 11.3. The first-order valence-corrected chi connectivity index (χ1v) is 12.1. The van der Waals surface area contributed by atoms with Crippen molar-refractivity contribution in [2.45, 2.75) is 32.0 Å². The molecule has 1 amide bonds. The standard InChI is InChI=1S/C27H23BrN2O6/c1-14-8-17-9-16(5-6-20(17)36-14)24(31)22-23(18-10-19(28)25(32)21(11-18)35-2)30(27(34)26(22)33)13-15-4-3-7-29-12-15/h3-7,9-12,14,23,31-32H,8,13H2,1-2H3/t14-,23-/m1/s1. The van der Waals surface area contributed by atoms with Crippen LogP contribution in [-0.2, 0) is 22.6 Å². The molecule has 184 valence electrons. The average molecular weight is 551 g/mol. The van der Waals surface area contributed by atoms with Crippen LogP contribution in [0.3, 0.4) is 0 Å². The number of likely N-dealkylation sites (tertiary alicyclic amines) is 1. The maximum absolute atomic E-state index is 13.4. The zero-order chi connectivity index (χ0) is 25.6. The third kappa shape index (κ3) is 4.09. The topological polar surface area (TPSA) is 109 Å². The highest BCUT2D eigenvalue weighted by Crippen LogP contribution is 2.45. The molecule has 0 aliphatic carbocycles. The number of aliphatic hydroxyl groups excluding tert-OH is 1. The summed E-state index contributed by atoms with van der Waals surface area (Å²) in [6, 6.07) is 11.0. The highest BCUT2D eigenvalue weighted by atomic mass is 79.9. The number of benzene rings is 2. The van der Waals surface area contributed by atoms with Crippen molar-refractivity contribution in [2.24, 2.45) is 0 Å². The van der Waals surface area contributed by atoms with Gasteiger partial charge in [0.1, 0.15) is 17.6 Å². The number of hydrogen-bond acceptors (Lipinski definition) is 7. The van der Waals surface area contributed by atoms with Crippen LogP contribution >= 0.6 is 15.9 Å². The van der Waals surface area contributed by atoms with E-state index < -0.39 is 17.7 Å². The molecule has 0 saturated carbocycles. The molecule has 2 aliphatic heterocycles. The third-order valence-corrected chi connectivity index (χ3v) is 6.98. The molecule has 8 nitrogen and oxygen atoms in total. The summed E-state index contributed by atoms with van der Waals surface area (Å²) in [5.41, 5.74) is 2.50. The monoisotopic (exact) mass is 550 g/mol. The van der Waals surface area contributed by atoms with Crippen molar-refractivity contribution in [1.82, 2.24) is 9.88 Å². The van der Waals surface area contributed by atoms with Crippen LogP contribution in [0, 0.1) is 0 Å². The Bertz CT molecular complexity index is 1400. The number of phenolic OH excluding ortho intramolecular Hbond substituents is 1. The minimum absolute atomic E-state index is 0.0178. The minimum Gasteiger partial charge on any atom is -0.507 e. The van der Waals surface area contributed by atoms with E-state index in [1.54, 1.807) is 54.9 Å². The molecule has 36 heavy (non-hydrogen) atoms. The van der Waals surface area contributed by atoms with Gasteiger partial charge < -0.3 is 24.6 Å². The number of carbonyl (C=O) groups excluding carboxylic acids is 2. The Morgan fingerprint density at radius 1 is 1.25 bits per heavy atom. The minimum atomic E-state index is -0.931. The fraction of sp³-hybridized carbons (Fsp3) is 0.222. The molecule has 3 aromatic rings. The number of aromatic nitrogens is 1. The van der Waals surface area contributed by atoms with Crippen molar-refractivity contribution in [3.63, 3.8) is 0 Å². The number of aliphatic hydroxyl groups is 1. The van der Waals surface area contributed by atoms with Crippen LogP contribution < -0.4 is 9.47 Å². The summed E-state index contributed by atoms with van der Waals surface area (Å²) < 4.78 is 11.4. The van der Waals surface area contributed by atoms with E-state index >= 15 is 0 Å². The maximum atomic E-state index is 13.4. The van der Waals surface area contributed by atoms with Crippen LogP contribution in [-0.4, -0.2) is 45.0 Å². The van der Waals surface area contributed by atoms with E-state index in [-0.39, 0.29) is 35.5 Å². The molecular weight excluding hydrogens is 528 g/mol. The Morgan fingerprint density at radius 2 is 2.06 bits per heavy atom. The van der Waals surface area contributed by atoms with Gasteiger partial charge in [0, 0.05) is 30.9 Å². The van der Waals surface area contributed by atoms with Crippen LogP contribution in [0.5, 0.6) is 17.2 Å². The third-order valence-electron chi connectivity index (χ3n) is 6.37. The Hall–Kier alpha value is -3.85. The molecule has 2 aliphatic rings. The predicted molar refractivity (Wildman–Crippen MR) is 135 cm³/mol. The number of aromatic hydroxyl groups is 1. The van der Waals surface area contributed by atoms with Crippen LogP contribution in [0.1, 0.15) is 35.2 Å². The second-order valence-electron chi connectivity index (χ2n) is 8.80. The molecule has 0 radical (unpaired) electrons. The van der Waals surface area contributed by atoms with Crippen molar-refractivity contribution in [3.05, 3.63) is 87.2 Å². The molecule has 0 spiro atoms. The molecule has 1 fully saturated rings. The highest BCUT2D eigenvalue weighted by Gasteiger charge is 2.46. The molecule has 3 heterocycles. The lowest BCUT2D eigenvalue weighted by Gasteiger charge is -2.26. The molecular formula is C27H23BrN2O6. The number of hydrogen-bond donors (Lipinski definition) is 2. The Kier molecular flexibility index (Phi) is 6.17. The van der Waals surface area contributed by atoms with E-state index in [9.17, 15) is 19.8 Å². The fourth-order valence-corrected chi connectivity index (χ4v) is 5.17. The Balaban J connectivity index is 1.68. The number of phenols is 1. The number of rotatable bonds is 5. The van der Waals surface area contributed by atoms with Crippen molar-refractivity contribution in [2.75, 3.05) is 7.11 Å². The molecule has 1 saturated heterocycles. The van der Waals surface area contributed by atoms with Gasteiger partial charge in [-0.3, -0.25) is 14.6 Å².